The Morgan fingerprint density at radius 3 is 2.96 bits per heavy atom. The monoisotopic (exact) mass is 384 g/mol. The van der Waals surface area contributed by atoms with Crippen molar-refractivity contribution >= 4 is 12.4 Å². The first-order valence-corrected chi connectivity index (χ1v) is 8.69. The molecule has 28 heavy (non-hydrogen) atoms. The second kappa shape index (κ2) is 8.89. The van der Waals surface area contributed by atoms with Gasteiger partial charge in [0.1, 0.15) is 17.8 Å². The van der Waals surface area contributed by atoms with Gasteiger partial charge in [-0.15, -0.1) is 0 Å². The van der Waals surface area contributed by atoms with Crippen LogP contribution in [-0.4, -0.2) is 54.3 Å². The Labute approximate surface area is 160 Å². The van der Waals surface area contributed by atoms with E-state index in [2.05, 4.69) is 20.2 Å². The van der Waals surface area contributed by atoms with Crippen LogP contribution >= 0.6 is 0 Å². The van der Waals surface area contributed by atoms with Crippen LogP contribution in [0.5, 0.6) is 0 Å². The Kier molecular flexibility index (Phi) is 6.10. The quantitative estimate of drug-likeness (QED) is 0.666. The van der Waals surface area contributed by atoms with Crippen molar-refractivity contribution < 1.29 is 19.2 Å². The summed E-state index contributed by atoms with van der Waals surface area (Å²) in [7, 11) is 1.78. The fourth-order valence-corrected chi connectivity index (χ4v) is 3.08. The Balaban J connectivity index is 0.000000706. The zero-order valence-electron chi connectivity index (χ0n) is 15.3. The van der Waals surface area contributed by atoms with Gasteiger partial charge in [-0.3, -0.25) is 14.6 Å². The van der Waals surface area contributed by atoms with Crippen molar-refractivity contribution in [1.29, 1.82) is 0 Å². The number of hydrogen-bond donors (Lipinski definition) is 1. The molecular weight excluding hydrogens is 364 g/mol. The van der Waals surface area contributed by atoms with E-state index in [1.165, 1.54) is 0 Å². The summed E-state index contributed by atoms with van der Waals surface area (Å²) in [6.45, 7) is 0.702. The topological polar surface area (TPSA) is 127 Å². The standard InChI is InChI=1S/C17H18N6O2.CH2O2/c1-22(17(24)12-5-6-16-19-11-20-23(16)9-12)10-13-8-15(21-25-13)14-4-2-3-7-18-14;2-1-3/h2-4,7-8,11-12H,5-6,9-10H2,1H3;1H,(H,2,3). The van der Waals surface area contributed by atoms with E-state index in [-0.39, 0.29) is 18.3 Å². The molecule has 0 saturated carbocycles. The maximum Gasteiger partial charge on any atom is 0.290 e. The van der Waals surface area contributed by atoms with Gasteiger partial charge in [-0.1, -0.05) is 11.2 Å². The van der Waals surface area contributed by atoms with Crippen LogP contribution in [0.3, 0.4) is 0 Å². The fraction of sp³-hybridized carbons (Fsp3) is 0.333. The van der Waals surface area contributed by atoms with Crippen molar-refractivity contribution in [2.45, 2.75) is 25.9 Å². The lowest BCUT2D eigenvalue weighted by Gasteiger charge is -2.26. The first-order valence-electron chi connectivity index (χ1n) is 8.69. The molecule has 146 valence electrons. The number of aromatic nitrogens is 5. The Bertz CT molecular complexity index is 923. The van der Waals surface area contributed by atoms with Gasteiger partial charge >= 0.3 is 0 Å². The van der Waals surface area contributed by atoms with E-state index in [1.807, 2.05) is 28.9 Å². The number of rotatable bonds is 4. The molecule has 0 bridgehead atoms. The first-order chi connectivity index (χ1) is 13.6. The normalized spacial score (nSPS) is 15.1. The van der Waals surface area contributed by atoms with Gasteiger partial charge < -0.3 is 14.5 Å². The van der Waals surface area contributed by atoms with Crippen molar-refractivity contribution in [3.63, 3.8) is 0 Å². The number of carboxylic acid groups (broad SMARTS) is 1. The van der Waals surface area contributed by atoms with Gasteiger partial charge in [0.15, 0.2) is 5.76 Å². The molecule has 1 unspecified atom stereocenters. The molecule has 1 aliphatic rings. The van der Waals surface area contributed by atoms with E-state index in [0.717, 1.165) is 24.4 Å². The van der Waals surface area contributed by atoms with Crippen LogP contribution in [-0.2, 0) is 29.1 Å². The third kappa shape index (κ3) is 4.40. The molecule has 0 aliphatic carbocycles. The number of carbonyl (C=O) groups is 2. The van der Waals surface area contributed by atoms with E-state index >= 15 is 0 Å². The highest BCUT2D eigenvalue weighted by atomic mass is 16.5. The Hall–Kier alpha value is -3.56. The molecule has 0 spiro atoms. The van der Waals surface area contributed by atoms with E-state index in [9.17, 15) is 4.79 Å². The highest BCUT2D eigenvalue weighted by molar-refractivity contribution is 5.78. The summed E-state index contributed by atoms with van der Waals surface area (Å²) in [5, 5.41) is 15.1. The molecule has 0 fully saturated rings. The first kappa shape index (κ1) is 19.2. The lowest BCUT2D eigenvalue weighted by molar-refractivity contribution is -0.136. The van der Waals surface area contributed by atoms with E-state index in [1.54, 1.807) is 24.5 Å². The summed E-state index contributed by atoms with van der Waals surface area (Å²) < 4.78 is 7.17. The molecule has 4 rings (SSSR count). The minimum absolute atomic E-state index is 0.0805. The van der Waals surface area contributed by atoms with Gasteiger partial charge in [0, 0.05) is 25.7 Å². The predicted molar refractivity (Wildman–Crippen MR) is 96.7 cm³/mol. The zero-order valence-corrected chi connectivity index (χ0v) is 15.3. The second-order valence-corrected chi connectivity index (χ2v) is 6.29. The number of amides is 1. The van der Waals surface area contributed by atoms with Crippen molar-refractivity contribution in [3.05, 3.63) is 48.4 Å². The average Bonchev–Trinajstić information content (AvgIpc) is 3.37. The highest BCUT2D eigenvalue weighted by Crippen LogP contribution is 2.21. The number of hydrogen-bond acceptors (Lipinski definition) is 7. The number of nitrogens with zero attached hydrogens (tertiary/aromatic N) is 6. The molecule has 4 heterocycles. The zero-order chi connectivity index (χ0) is 19.9. The second-order valence-electron chi connectivity index (χ2n) is 6.29. The minimum Gasteiger partial charge on any atom is -0.483 e. The third-order valence-electron chi connectivity index (χ3n) is 4.41. The number of carbonyl (C=O) groups excluding carboxylic acids is 1. The molecule has 1 N–H and O–H groups in total. The van der Waals surface area contributed by atoms with Crippen molar-refractivity contribution in [2.24, 2.45) is 5.92 Å². The molecule has 1 atom stereocenters. The highest BCUT2D eigenvalue weighted by Gasteiger charge is 2.28. The van der Waals surface area contributed by atoms with Gasteiger partial charge in [0.2, 0.25) is 5.91 Å². The molecule has 10 heteroatoms. The lowest BCUT2D eigenvalue weighted by Crippen LogP contribution is -2.37. The summed E-state index contributed by atoms with van der Waals surface area (Å²) in [5.41, 5.74) is 1.42. The summed E-state index contributed by atoms with van der Waals surface area (Å²) in [5.74, 6) is 1.57. The molecule has 3 aromatic heterocycles. The van der Waals surface area contributed by atoms with Crippen LogP contribution in [0.1, 0.15) is 18.0 Å². The third-order valence-corrected chi connectivity index (χ3v) is 4.41. The Morgan fingerprint density at radius 2 is 2.21 bits per heavy atom. The van der Waals surface area contributed by atoms with E-state index in [0.29, 0.717) is 24.5 Å². The van der Waals surface area contributed by atoms with Crippen LogP contribution < -0.4 is 0 Å². The smallest absolute Gasteiger partial charge is 0.290 e. The van der Waals surface area contributed by atoms with Gasteiger partial charge in [-0.05, 0) is 18.6 Å². The van der Waals surface area contributed by atoms with Crippen molar-refractivity contribution in [3.8, 4) is 11.4 Å². The van der Waals surface area contributed by atoms with Crippen LogP contribution in [0.4, 0.5) is 0 Å². The van der Waals surface area contributed by atoms with Crippen molar-refractivity contribution in [2.75, 3.05) is 7.05 Å². The van der Waals surface area contributed by atoms with Gasteiger partial charge in [-0.25, -0.2) is 9.67 Å². The molecule has 10 nitrogen and oxygen atoms in total. The van der Waals surface area contributed by atoms with Gasteiger partial charge in [0.05, 0.1) is 24.7 Å². The largest absolute Gasteiger partial charge is 0.483 e. The van der Waals surface area contributed by atoms with Gasteiger partial charge in [-0.2, -0.15) is 5.10 Å². The molecule has 1 aliphatic heterocycles. The van der Waals surface area contributed by atoms with Crippen LogP contribution in [0.25, 0.3) is 11.4 Å². The van der Waals surface area contributed by atoms with E-state index in [4.69, 9.17) is 14.4 Å². The summed E-state index contributed by atoms with van der Waals surface area (Å²) in [6.07, 6.45) is 4.81. The van der Waals surface area contributed by atoms with Crippen LogP contribution in [0.15, 0.2) is 41.3 Å². The van der Waals surface area contributed by atoms with Crippen LogP contribution in [0.2, 0.25) is 0 Å². The molecule has 1 amide bonds. The minimum atomic E-state index is -0.250. The predicted octanol–water partition coefficient (Wildman–Crippen LogP) is 1.25. The number of aryl methyl sites for hydroxylation is 1. The lowest BCUT2D eigenvalue weighted by atomic mass is 9.98. The summed E-state index contributed by atoms with van der Waals surface area (Å²) >= 11 is 0. The molecular formula is C18H20N6O4. The Morgan fingerprint density at radius 1 is 1.39 bits per heavy atom. The molecule has 0 saturated heterocycles. The number of fused-ring (bicyclic) bond motifs is 1. The molecule has 0 aromatic carbocycles. The van der Waals surface area contributed by atoms with Gasteiger partial charge in [0.25, 0.3) is 6.47 Å². The maximum atomic E-state index is 12.7. The SMILES string of the molecule is CN(Cc1cc(-c2ccccn2)no1)C(=O)C1CCc2ncnn2C1.O=CO. The number of pyridine rings is 1. The fourth-order valence-electron chi connectivity index (χ4n) is 3.08. The molecule has 0 radical (unpaired) electrons. The molecule has 3 aromatic rings. The van der Waals surface area contributed by atoms with Crippen LogP contribution in [0, 0.1) is 5.92 Å². The summed E-state index contributed by atoms with van der Waals surface area (Å²) in [4.78, 5) is 31.2. The maximum absolute atomic E-state index is 12.7. The average molecular weight is 384 g/mol. The van der Waals surface area contributed by atoms with Crippen molar-refractivity contribution in [1.82, 2.24) is 29.8 Å². The summed E-state index contributed by atoms with van der Waals surface area (Å²) in [6, 6.07) is 7.44. The van der Waals surface area contributed by atoms with E-state index < -0.39 is 0 Å².